The Bertz CT molecular complexity index is 467. The first-order chi connectivity index (χ1) is 9.19. The molecule has 3 nitrogen and oxygen atoms in total. The summed E-state index contributed by atoms with van der Waals surface area (Å²) in [5, 5.41) is 11.8. The third kappa shape index (κ3) is 3.82. The zero-order valence-corrected chi connectivity index (χ0v) is 11.4. The average molecular weight is 256 g/mol. The van der Waals surface area contributed by atoms with Gasteiger partial charge in [0, 0.05) is 6.04 Å². The summed E-state index contributed by atoms with van der Waals surface area (Å²) in [4.78, 5) is 12.0. The molecule has 100 valence electrons. The molecule has 1 aliphatic rings. The molecular formula is C16H20N2O. The first kappa shape index (κ1) is 13.6. The van der Waals surface area contributed by atoms with E-state index in [9.17, 15) is 4.79 Å². The van der Waals surface area contributed by atoms with Crippen molar-refractivity contribution in [1.29, 1.82) is 5.26 Å². The maximum Gasteiger partial charge on any atom is 0.224 e. The fourth-order valence-electron chi connectivity index (χ4n) is 2.76. The monoisotopic (exact) mass is 256 g/mol. The van der Waals surface area contributed by atoms with Crippen molar-refractivity contribution in [2.75, 3.05) is 0 Å². The molecule has 3 heteroatoms. The SMILES string of the molecule is CC(NC(=O)Cc1ccc(C#N)cc1)C1CCCC1. The average Bonchev–Trinajstić information content (AvgIpc) is 2.93. The molecule has 19 heavy (non-hydrogen) atoms. The molecule has 0 radical (unpaired) electrons. The maximum absolute atomic E-state index is 12.0. The standard InChI is InChI=1S/C16H20N2O/c1-12(15-4-2-3-5-15)18-16(19)10-13-6-8-14(11-17)9-7-13/h6-9,12,15H,2-5,10H2,1H3,(H,18,19). The molecule has 2 rings (SSSR count). The van der Waals surface area contributed by atoms with E-state index in [0.29, 0.717) is 17.9 Å². The van der Waals surface area contributed by atoms with Crippen LogP contribution in [0.4, 0.5) is 0 Å². The lowest BCUT2D eigenvalue weighted by molar-refractivity contribution is -0.121. The van der Waals surface area contributed by atoms with E-state index in [0.717, 1.165) is 5.56 Å². The van der Waals surface area contributed by atoms with Crippen LogP contribution < -0.4 is 5.32 Å². The van der Waals surface area contributed by atoms with E-state index in [1.54, 1.807) is 12.1 Å². The van der Waals surface area contributed by atoms with Crippen LogP contribution in [-0.4, -0.2) is 11.9 Å². The van der Waals surface area contributed by atoms with Gasteiger partial charge in [0.1, 0.15) is 0 Å². The van der Waals surface area contributed by atoms with Crippen LogP contribution in [0.3, 0.4) is 0 Å². The Morgan fingerprint density at radius 1 is 1.37 bits per heavy atom. The molecule has 1 atom stereocenters. The van der Waals surface area contributed by atoms with E-state index < -0.39 is 0 Å². The second-order valence-corrected chi connectivity index (χ2v) is 5.39. The van der Waals surface area contributed by atoms with E-state index in [-0.39, 0.29) is 11.9 Å². The van der Waals surface area contributed by atoms with Gasteiger partial charge in [0.15, 0.2) is 0 Å². The molecule has 0 aromatic heterocycles. The molecule has 1 aromatic rings. The Labute approximate surface area is 114 Å². The van der Waals surface area contributed by atoms with Crippen molar-refractivity contribution in [3.63, 3.8) is 0 Å². The molecule has 1 aliphatic carbocycles. The number of amides is 1. The minimum atomic E-state index is 0.0732. The van der Waals surface area contributed by atoms with Gasteiger partial charge in [-0.05, 0) is 43.4 Å². The van der Waals surface area contributed by atoms with Crippen LogP contribution in [-0.2, 0) is 11.2 Å². The summed E-state index contributed by atoms with van der Waals surface area (Å²) in [5.41, 5.74) is 1.58. The first-order valence-corrected chi connectivity index (χ1v) is 6.97. The summed E-state index contributed by atoms with van der Waals surface area (Å²) < 4.78 is 0. The largest absolute Gasteiger partial charge is 0.353 e. The number of hydrogen-bond donors (Lipinski definition) is 1. The van der Waals surface area contributed by atoms with E-state index in [4.69, 9.17) is 5.26 Å². The highest BCUT2D eigenvalue weighted by Crippen LogP contribution is 2.27. The highest BCUT2D eigenvalue weighted by molar-refractivity contribution is 5.78. The quantitative estimate of drug-likeness (QED) is 0.900. The van der Waals surface area contributed by atoms with Gasteiger partial charge in [-0.2, -0.15) is 5.26 Å². The normalized spacial score (nSPS) is 16.8. The second-order valence-electron chi connectivity index (χ2n) is 5.39. The van der Waals surface area contributed by atoms with Crippen molar-refractivity contribution in [2.24, 2.45) is 5.92 Å². The van der Waals surface area contributed by atoms with Crippen LogP contribution in [0.15, 0.2) is 24.3 Å². The smallest absolute Gasteiger partial charge is 0.224 e. The zero-order valence-electron chi connectivity index (χ0n) is 11.4. The Kier molecular flexibility index (Phi) is 4.57. The summed E-state index contributed by atoms with van der Waals surface area (Å²) in [5.74, 6) is 0.717. The Morgan fingerprint density at radius 3 is 2.58 bits per heavy atom. The molecule has 1 fully saturated rings. The van der Waals surface area contributed by atoms with E-state index in [1.165, 1.54) is 25.7 Å². The van der Waals surface area contributed by atoms with Crippen molar-refractivity contribution in [2.45, 2.75) is 45.1 Å². The van der Waals surface area contributed by atoms with Gasteiger partial charge in [0.25, 0.3) is 0 Å². The summed E-state index contributed by atoms with van der Waals surface area (Å²) in [7, 11) is 0. The maximum atomic E-state index is 12.0. The highest BCUT2D eigenvalue weighted by Gasteiger charge is 2.22. The van der Waals surface area contributed by atoms with Crippen LogP contribution in [0.2, 0.25) is 0 Å². The molecule has 1 unspecified atom stereocenters. The number of nitrogens with one attached hydrogen (secondary N) is 1. The molecule has 0 heterocycles. The lowest BCUT2D eigenvalue weighted by Crippen LogP contribution is -2.38. The van der Waals surface area contributed by atoms with Crippen LogP contribution in [0.25, 0.3) is 0 Å². The lowest BCUT2D eigenvalue weighted by atomic mass is 9.99. The van der Waals surface area contributed by atoms with Gasteiger partial charge in [-0.15, -0.1) is 0 Å². The molecule has 1 N–H and O–H groups in total. The molecule has 0 bridgehead atoms. The van der Waals surface area contributed by atoms with Crippen LogP contribution >= 0.6 is 0 Å². The second kappa shape index (κ2) is 6.38. The minimum Gasteiger partial charge on any atom is -0.353 e. The van der Waals surface area contributed by atoms with Crippen molar-refractivity contribution in [1.82, 2.24) is 5.32 Å². The summed E-state index contributed by atoms with van der Waals surface area (Å²) in [6.07, 6.45) is 5.44. The molecule has 0 saturated heterocycles. The molecule has 1 amide bonds. The van der Waals surface area contributed by atoms with Gasteiger partial charge >= 0.3 is 0 Å². The van der Waals surface area contributed by atoms with E-state index in [1.807, 2.05) is 12.1 Å². The van der Waals surface area contributed by atoms with Crippen LogP contribution in [0, 0.1) is 17.2 Å². The Morgan fingerprint density at radius 2 is 2.00 bits per heavy atom. The molecule has 1 aromatic carbocycles. The van der Waals surface area contributed by atoms with Gasteiger partial charge in [-0.25, -0.2) is 0 Å². The van der Waals surface area contributed by atoms with Crippen LogP contribution in [0.5, 0.6) is 0 Å². The number of hydrogen-bond acceptors (Lipinski definition) is 2. The highest BCUT2D eigenvalue weighted by atomic mass is 16.1. The van der Waals surface area contributed by atoms with E-state index in [2.05, 4.69) is 18.3 Å². The van der Waals surface area contributed by atoms with Gasteiger partial charge in [-0.3, -0.25) is 4.79 Å². The Hall–Kier alpha value is -1.82. The molecule has 1 saturated carbocycles. The van der Waals surface area contributed by atoms with Gasteiger partial charge in [0.05, 0.1) is 18.1 Å². The number of nitriles is 1. The Balaban J connectivity index is 1.84. The zero-order chi connectivity index (χ0) is 13.7. The molecule has 0 aliphatic heterocycles. The fraction of sp³-hybridized carbons (Fsp3) is 0.500. The molecular weight excluding hydrogens is 236 g/mol. The van der Waals surface area contributed by atoms with Crippen molar-refractivity contribution in [3.8, 4) is 6.07 Å². The summed E-state index contributed by atoms with van der Waals surface area (Å²) in [6.45, 7) is 2.10. The minimum absolute atomic E-state index is 0.0732. The van der Waals surface area contributed by atoms with Gasteiger partial charge in [-0.1, -0.05) is 25.0 Å². The predicted octanol–water partition coefficient (Wildman–Crippen LogP) is 2.80. The van der Waals surface area contributed by atoms with Gasteiger partial charge in [0.2, 0.25) is 5.91 Å². The summed E-state index contributed by atoms with van der Waals surface area (Å²) >= 11 is 0. The number of rotatable bonds is 4. The van der Waals surface area contributed by atoms with E-state index >= 15 is 0 Å². The number of benzene rings is 1. The van der Waals surface area contributed by atoms with Gasteiger partial charge < -0.3 is 5.32 Å². The third-order valence-corrected chi connectivity index (χ3v) is 3.94. The van der Waals surface area contributed by atoms with Crippen molar-refractivity contribution in [3.05, 3.63) is 35.4 Å². The number of carbonyl (C=O) groups excluding carboxylic acids is 1. The van der Waals surface area contributed by atoms with Crippen molar-refractivity contribution < 1.29 is 4.79 Å². The lowest BCUT2D eigenvalue weighted by Gasteiger charge is -2.20. The topological polar surface area (TPSA) is 52.9 Å². The predicted molar refractivity (Wildman–Crippen MR) is 74.4 cm³/mol. The van der Waals surface area contributed by atoms with Crippen LogP contribution in [0.1, 0.15) is 43.7 Å². The van der Waals surface area contributed by atoms with Crippen molar-refractivity contribution >= 4 is 5.91 Å². The number of carbonyl (C=O) groups is 1. The molecule has 0 spiro atoms. The number of nitrogens with zero attached hydrogens (tertiary/aromatic N) is 1. The fourth-order valence-corrected chi connectivity index (χ4v) is 2.76. The third-order valence-electron chi connectivity index (χ3n) is 3.94. The first-order valence-electron chi connectivity index (χ1n) is 6.97. The summed E-state index contributed by atoms with van der Waals surface area (Å²) in [6, 6.07) is 9.55.